The van der Waals surface area contributed by atoms with E-state index in [9.17, 15) is 5.11 Å². The third kappa shape index (κ3) is 3.49. The molecule has 0 amide bonds. The van der Waals surface area contributed by atoms with Crippen molar-refractivity contribution in [3.8, 4) is 0 Å². The maximum absolute atomic E-state index is 9.34. The predicted molar refractivity (Wildman–Crippen MR) is 72.9 cm³/mol. The van der Waals surface area contributed by atoms with E-state index >= 15 is 0 Å². The smallest absolute Gasteiger partial charge is 0.0501 e. The van der Waals surface area contributed by atoms with E-state index < -0.39 is 0 Å². The van der Waals surface area contributed by atoms with Crippen LogP contribution in [0.15, 0.2) is 22.7 Å². The van der Waals surface area contributed by atoms with Crippen molar-refractivity contribution >= 4 is 21.6 Å². The molecule has 0 saturated heterocycles. The van der Waals surface area contributed by atoms with Crippen LogP contribution in [0.5, 0.6) is 0 Å². The fourth-order valence-corrected chi connectivity index (χ4v) is 1.76. The summed E-state index contributed by atoms with van der Waals surface area (Å²) in [6, 6.07) is 6.22. The van der Waals surface area contributed by atoms with E-state index in [1.165, 1.54) is 5.56 Å². The standard InChI is InChI=1S/C13H20BrNO/c1-4-13(3,9-16)8-15-12-7-10(2)5-6-11(12)14/h5-7,15-16H,4,8-9H2,1-3H3. The van der Waals surface area contributed by atoms with E-state index in [0.29, 0.717) is 0 Å². The van der Waals surface area contributed by atoms with Crippen LogP contribution in [0.25, 0.3) is 0 Å². The summed E-state index contributed by atoms with van der Waals surface area (Å²) < 4.78 is 1.06. The molecular formula is C13H20BrNO. The largest absolute Gasteiger partial charge is 0.396 e. The quantitative estimate of drug-likeness (QED) is 0.867. The summed E-state index contributed by atoms with van der Waals surface area (Å²) in [5.41, 5.74) is 2.27. The molecule has 0 saturated carbocycles. The maximum atomic E-state index is 9.34. The molecule has 0 heterocycles. The van der Waals surface area contributed by atoms with Crippen molar-refractivity contribution < 1.29 is 5.11 Å². The molecule has 2 N–H and O–H groups in total. The topological polar surface area (TPSA) is 32.3 Å². The molecule has 1 aromatic rings. The van der Waals surface area contributed by atoms with E-state index in [1.54, 1.807) is 0 Å². The van der Waals surface area contributed by atoms with E-state index in [0.717, 1.165) is 23.1 Å². The monoisotopic (exact) mass is 285 g/mol. The molecule has 2 nitrogen and oxygen atoms in total. The Morgan fingerprint density at radius 1 is 1.44 bits per heavy atom. The van der Waals surface area contributed by atoms with Crippen LogP contribution in [0.4, 0.5) is 5.69 Å². The Labute approximate surface area is 106 Å². The Balaban J connectivity index is 2.70. The molecule has 0 aliphatic heterocycles. The van der Waals surface area contributed by atoms with Crippen molar-refractivity contribution in [3.05, 3.63) is 28.2 Å². The van der Waals surface area contributed by atoms with Gasteiger partial charge in [-0.3, -0.25) is 0 Å². The molecule has 3 heteroatoms. The van der Waals surface area contributed by atoms with Crippen LogP contribution in [0.2, 0.25) is 0 Å². The van der Waals surface area contributed by atoms with E-state index in [-0.39, 0.29) is 12.0 Å². The first-order valence-electron chi connectivity index (χ1n) is 5.61. The molecule has 0 radical (unpaired) electrons. The molecule has 0 aliphatic rings. The fraction of sp³-hybridized carbons (Fsp3) is 0.538. The zero-order chi connectivity index (χ0) is 12.2. The number of aliphatic hydroxyl groups excluding tert-OH is 1. The van der Waals surface area contributed by atoms with Crippen LogP contribution >= 0.6 is 15.9 Å². The lowest BCUT2D eigenvalue weighted by atomic mass is 9.88. The SMILES string of the molecule is CCC(C)(CO)CNc1cc(C)ccc1Br. The van der Waals surface area contributed by atoms with Gasteiger partial charge in [-0.25, -0.2) is 0 Å². The number of nitrogens with one attached hydrogen (secondary N) is 1. The van der Waals surface area contributed by atoms with E-state index in [1.807, 2.05) is 6.07 Å². The van der Waals surface area contributed by atoms with Crippen LogP contribution in [0.1, 0.15) is 25.8 Å². The number of hydrogen-bond acceptors (Lipinski definition) is 2. The second-order valence-electron chi connectivity index (χ2n) is 4.66. The second kappa shape index (κ2) is 5.69. The van der Waals surface area contributed by atoms with Crippen LogP contribution in [-0.4, -0.2) is 18.3 Å². The van der Waals surface area contributed by atoms with Crippen molar-refractivity contribution in [2.24, 2.45) is 5.41 Å². The molecular weight excluding hydrogens is 266 g/mol. The Morgan fingerprint density at radius 3 is 2.69 bits per heavy atom. The van der Waals surface area contributed by atoms with Gasteiger partial charge in [-0.1, -0.05) is 19.9 Å². The van der Waals surface area contributed by atoms with Gasteiger partial charge in [0, 0.05) is 22.1 Å². The minimum atomic E-state index is -0.0524. The third-order valence-electron chi connectivity index (χ3n) is 3.06. The molecule has 0 spiro atoms. The number of anilines is 1. The summed E-state index contributed by atoms with van der Waals surface area (Å²) in [6.07, 6.45) is 0.958. The Morgan fingerprint density at radius 2 is 2.12 bits per heavy atom. The zero-order valence-electron chi connectivity index (χ0n) is 10.2. The molecule has 0 aliphatic carbocycles. The van der Waals surface area contributed by atoms with Gasteiger partial charge in [0.1, 0.15) is 0 Å². The van der Waals surface area contributed by atoms with Crippen LogP contribution in [0, 0.1) is 12.3 Å². The zero-order valence-corrected chi connectivity index (χ0v) is 11.8. The van der Waals surface area contributed by atoms with Gasteiger partial charge in [0.25, 0.3) is 0 Å². The summed E-state index contributed by atoms with van der Waals surface area (Å²) in [6.45, 7) is 7.25. The first kappa shape index (κ1) is 13.5. The highest BCUT2D eigenvalue weighted by Crippen LogP contribution is 2.26. The van der Waals surface area contributed by atoms with Crippen molar-refractivity contribution in [1.29, 1.82) is 0 Å². The average molecular weight is 286 g/mol. The van der Waals surface area contributed by atoms with Crippen LogP contribution < -0.4 is 5.32 Å². The van der Waals surface area contributed by atoms with Gasteiger partial charge in [-0.05, 0) is 47.0 Å². The average Bonchev–Trinajstić information content (AvgIpc) is 2.30. The summed E-state index contributed by atoms with van der Waals surface area (Å²) >= 11 is 3.52. The highest BCUT2D eigenvalue weighted by molar-refractivity contribution is 9.10. The van der Waals surface area contributed by atoms with Gasteiger partial charge in [-0.15, -0.1) is 0 Å². The summed E-state index contributed by atoms with van der Waals surface area (Å²) in [5, 5.41) is 12.7. The number of halogens is 1. The van der Waals surface area contributed by atoms with Gasteiger partial charge in [0.05, 0.1) is 6.61 Å². The van der Waals surface area contributed by atoms with E-state index in [4.69, 9.17) is 0 Å². The minimum Gasteiger partial charge on any atom is -0.396 e. The fourth-order valence-electron chi connectivity index (χ4n) is 1.38. The Bertz CT molecular complexity index is 348. The number of aryl methyl sites for hydroxylation is 1. The number of rotatable bonds is 5. The molecule has 16 heavy (non-hydrogen) atoms. The van der Waals surface area contributed by atoms with Gasteiger partial charge < -0.3 is 10.4 Å². The Kier molecular flexibility index (Phi) is 4.81. The van der Waals surface area contributed by atoms with Gasteiger partial charge in [0.15, 0.2) is 0 Å². The summed E-state index contributed by atoms with van der Waals surface area (Å²) in [5.74, 6) is 0. The molecule has 0 bridgehead atoms. The van der Waals surface area contributed by atoms with Crippen molar-refractivity contribution in [1.82, 2.24) is 0 Å². The van der Waals surface area contributed by atoms with E-state index in [2.05, 4.69) is 54.2 Å². The third-order valence-corrected chi connectivity index (χ3v) is 3.75. The van der Waals surface area contributed by atoms with Gasteiger partial charge >= 0.3 is 0 Å². The normalized spacial score (nSPS) is 14.6. The first-order chi connectivity index (χ1) is 7.50. The second-order valence-corrected chi connectivity index (χ2v) is 5.51. The number of hydrogen-bond donors (Lipinski definition) is 2. The summed E-state index contributed by atoms with van der Waals surface area (Å²) in [7, 11) is 0. The minimum absolute atomic E-state index is 0.0524. The van der Waals surface area contributed by atoms with Crippen molar-refractivity contribution in [2.45, 2.75) is 27.2 Å². The van der Waals surface area contributed by atoms with Crippen molar-refractivity contribution in [3.63, 3.8) is 0 Å². The highest BCUT2D eigenvalue weighted by Gasteiger charge is 2.20. The predicted octanol–water partition coefficient (Wildman–Crippen LogP) is 3.58. The molecule has 1 atom stereocenters. The molecule has 0 aromatic heterocycles. The highest BCUT2D eigenvalue weighted by atomic mass is 79.9. The molecule has 1 unspecified atom stereocenters. The van der Waals surface area contributed by atoms with Gasteiger partial charge in [0.2, 0.25) is 0 Å². The Hall–Kier alpha value is -0.540. The molecule has 1 aromatic carbocycles. The molecule has 1 rings (SSSR count). The lowest BCUT2D eigenvalue weighted by Crippen LogP contribution is -2.29. The van der Waals surface area contributed by atoms with Crippen LogP contribution in [0.3, 0.4) is 0 Å². The maximum Gasteiger partial charge on any atom is 0.0501 e. The molecule has 90 valence electrons. The van der Waals surface area contributed by atoms with Gasteiger partial charge in [-0.2, -0.15) is 0 Å². The van der Waals surface area contributed by atoms with Crippen LogP contribution in [-0.2, 0) is 0 Å². The lowest BCUT2D eigenvalue weighted by Gasteiger charge is -2.26. The number of benzene rings is 1. The molecule has 0 fully saturated rings. The summed E-state index contributed by atoms with van der Waals surface area (Å²) in [4.78, 5) is 0. The first-order valence-corrected chi connectivity index (χ1v) is 6.41. The lowest BCUT2D eigenvalue weighted by molar-refractivity contribution is 0.149. The number of aliphatic hydroxyl groups is 1. The van der Waals surface area contributed by atoms with Crippen molar-refractivity contribution in [2.75, 3.05) is 18.5 Å².